The molecule has 0 aliphatic carbocycles. The summed E-state index contributed by atoms with van der Waals surface area (Å²) in [5.74, 6) is 0. The summed E-state index contributed by atoms with van der Waals surface area (Å²) < 4.78 is 0. The molecule has 0 atom stereocenters. The summed E-state index contributed by atoms with van der Waals surface area (Å²) in [5.41, 5.74) is 1.75. The van der Waals surface area contributed by atoms with E-state index in [1.807, 2.05) is 12.1 Å². The maximum Gasteiger partial charge on any atom is 0.269 e. The van der Waals surface area contributed by atoms with Crippen molar-refractivity contribution >= 4 is 5.69 Å². The summed E-state index contributed by atoms with van der Waals surface area (Å²) in [5, 5.41) is 10.5. The standard InChI is InChI=1S/C14H21NO2/c1-14(2,3)11-5-4-6-12-7-9-13(10-8-12)15(16)17/h7-10H,4-6,11H2,1-3H3. The van der Waals surface area contributed by atoms with Gasteiger partial charge in [0.25, 0.3) is 5.69 Å². The van der Waals surface area contributed by atoms with Crippen molar-refractivity contribution in [2.75, 3.05) is 0 Å². The van der Waals surface area contributed by atoms with E-state index in [0.717, 1.165) is 12.8 Å². The second kappa shape index (κ2) is 5.80. The molecule has 94 valence electrons. The molecule has 0 aliphatic rings. The Morgan fingerprint density at radius 3 is 2.18 bits per heavy atom. The predicted octanol–water partition coefficient (Wildman–Crippen LogP) is 4.35. The van der Waals surface area contributed by atoms with Crippen molar-refractivity contribution in [3.63, 3.8) is 0 Å². The Morgan fingerprint density at radius 1 is 1.12 bits per heavy atom. The van der Waals surface area contributed by atoms with Crippen molar-refractivity contribution in [3.8, 4) is 0 Å². The molecule has 0 saturated heterocycles. The second-order valence-electron chi connectivity index (χ2n) is 5.69. The summed E-state index contributed by atoms with van der Waals surface area (Å²) >= 11 is 0. The lowest BCUT2D eigenvalue weighted by molar-refractivity contribution is -0.384. The van der Waals surface area contributed by atoms with E-state index < -0.39 is 0 Å². The molecule has 1 rings (SSSR count). The largest absolute Gasteiger partial charge is 0.269 e. The first-order valence-electron chi connectivity index (χ1n) is 6.12. The predicted molar refractivity (Wildman–Crippen MR) is 70.1 cm³/mol. The molecule has 3 heteroatoms. The molecule has 0 N–H and O–H groups in total. The molecular weight excluding hydrogens is 214 g/mol. The van der Waals surface area contributed by atoms with Gasteiger partial charge in [-0.05, 0) is 30.2 Å². The summed E-state index contributed by atoms with van der Waals surface area (Å²) in [6, 6.07) is 6.88. The number of rotatable bonds is 5. The monoisotopic (exact) mass is 235 g/mol. The van der Waals surface area contributed by atoms with Crippen LogP contribution in [0.4, 0.5) is 5.69 Å². The molecule has 1 aromatic carbocycles. The van der Waals surface area contributed by atoms with E-state index in [2.05, 4.69) is 20.8 Å². The Labute approximate surface area is 103 Å². The van der Waals surface area contributed by atoms with Gasteiger partial charge in [0, 0.05) is 12.1 Å². The van der Waals surface area contributed by atoms with E-state index in [-0.39, 0.29) is 10.6 Å². The number of hydrogen-bond donors (Lipinski definition) is 0. The highest BCUT2D eigenvalue weighted by molar-refractivity contribution is 5.32. The number of nitro groups is 1. The molecule has 1 aromatic rings. The number of unbranched alkanes of at least 4 members (excludes halogenated alkanes) is 1. The average Bonchev–Trinajstić information content (AvgIpc) is 2.24. The Bertz CT molecular complexity index is 363. The van der Waals surface area contributed by atoms with Crippen LogP contribution in [0.5, 0.6) is 0 Å². The second-order valence-corrected chi connectivity index (χ2v) is 5.69. The number of nitro benzene ring substituents is 1. The van der Waals surface area contributed by atoms with E-state index in [1.165, 1.54) is 18.4 Å². The maximum absolute atomic E-state index is 10.5. The summed E-state index contributed by atoms with van der Waals surface area (Å²) in [6.45, 7) is 6.75. The number of aryl methyl sites for hydroxylation is 1. The van der Waals surface area contributed by atoms with Crippen molar-refractivity contribution in [1.29, 1.82) is 0 Å². The number of hydrogen-bond acceptors (Lipinski definition) is 2. The highest BCUT2D eigenvalue weighted by Gasteiger charge is 2.09. The highest BCUT2D eigenvalue weighted by Crippen LogP contribution is 2.22. The summed E-state index contributed by atoms with van der Waals surface area (Å²) in [7, 11) is 0. The first-order chi connectivity index (χ1) is 7.88. The van der Waals surface area contributed by atoms with E-state index in [0.29, 0.717) is 5.41 Å². The summed E-state index contributed by atoms with van der Waals surface area (Å²) in [4.78, 5) is 10.1. The number of nitrogens with zero attached hydrogens (tertiary/aromatic N) is 1. The molecule has 0 unspecified atom stereocenters. The van der Waals surface area contributed by atoms with E-state index in [1.54, 1.807) is 12.1 Å². The lowest BCUT2D eigenvalue weighted by atomic mass is 9.89. The van der Waals surface area contributed by atoms with Gasteiger partial charge in [-0.3, -0.25) is 10.1 Å². The van der Waals surface area contributed by atoms with Crippen LogP contribution in [0.3, 0.4) is 0 Å². The third-order valence-electron chi connectivity index (χ3n) is 2.79. The minimum absolute atomic E-state index is 0.170. The molecule has 0 fully saturated rings. The Hall–Kier alpha value is -1.38. The van der Waals surface area contributed by atoms with Crippen LogP contribution in [0, 0.1) is 15.5 Å². The van der Waals surface area contributed by atoms with Gasteiger partial charge in [0.05, 0.1) is 4.92 Å². The first kappa shape index (κ1) is 13.7. The molecule has 0 amide bonds. The molecule has 3 nitrogen and oxygen atoms in total. The van der Waals surface area contributed by atoms with Crippen molar-refractivity contribution in [3.05, 3.63) is 39.9 Å². The molecular formula is C14H21NO2. The molecule has 0 aromatic heterocycles. The minimum atomic E-state index is -0.358. The molecule has 0 spiro atoms. The van der Waals surface area contributed by atoms with E-state index >= 15 is 0 Å². The van der Waals surface area contributed by atoms with Crippen LogP contribution in [0.1, 0.15) is 45.6 Å². The van der Waals surface area contributed by atoms with Crippen molar-refractivity contribution < 1.29 is 4.92 Å². The zero-order valence-corrected chi connectivity index (χ0v) is 10.9. The number of benzene rings is 1. The topological polar surface area (TPSA) is 43.1 Å². The highest BCUT2D eigenvalue weighted by atomic mass is 16.6. The van der Waals surface area contributed by atoms with Gasteiger partial charge in [-0.1, -0.05) is 39.3 Å². The van der Waals surface area contributed by atoms with Gasteiger partial charge in [0.1, 0.15) is 0 Å². The minimum Gasteiger partial charge on any atom is -0.258 e. The third kappa shape index (κ3) is 5.48. The lowest BCUT2D eigenvalue weighted by Crippen LogP contribution is -2.04. The van der Waals surface area contributed by atoms with Crippen LogP contribution in [0.15, 0.2) is 24.3 Å². The Morgan fingerprint density at radius 2 is 1.71 bits per heavy atom. The van der Waals surface area contributed by atoms with Gasteiger partial charge in [-0.15, -0.1) is 0 Å². The molecule has 0 aliphatic heterocycles. The van der Waals surface area contributed by atoms with Crippen molar-refractivity contribution in [2.24, 2.45) is 5.41 Å². The van der Waals surface area contributed by atoms with Gasteiger partial charge < -0.3 is 0 Å². The van der Waals surface area contributed by atoms with Gasteiger partial charge in [-0.2, -0.15) is 0 Å². The number of non-ortho nitro benzene ring substituents is 1. The Balaban J connectivity index is 2.35. The summed E-state index contributed by atoms with van der Waals surface area (Å²) in [6.07, 6.45) is 4.59. The first-order valence-corrected chi connectivity index (χ1v) is 6.12. The zero-order chi connectivity index (χ0) is 12.9. The zero-order valence-electron chi connectivity index (χ0n) is 10.9. The van der Waals surface area contributed by atoms with Crippen LogP contribution in [-0.4, -0.2) is 4.92 Å². The molecule has 17 heavy (non-hydrogen) atoms. The lowest BCUT2D eigenvalue weighted by Gasteiger charge is -2.17. The van der Waals surface area contributed by atoms with Gasteiger partial charge in [-0.25, -0.2) is 0 Å². The molecule has 0 radical (unpaired) electrons. The smallest absolute Gasteiger partial charge is 0.258 e. The van der Waals surface area contributed by atoms with Gasteiger partial charge >= 0.3 is 0 Å². The van der Waals surface area contributed by atoms with Gasteiger partial charge in [0.15, 0.2) is 0 Å². The van der Waals surface area contributed by atoms with Gasteiger partial charge in [0.2, 0.25) is 0 Å². The molecule has 0 heterocycles. The fourth-order valence-corrected chi connectivity index (χ4v) is 1.77. The fourth-order valence-electron chi connectivity index (χ4n) is 1.77. The van der Waals surface area contributed by atoms with Crippen LogP contribution < -0.4 is 0 Å². The molecule has 0 saturated carbocycles. The quantitative estimate of drug-likeness (QED) is 0.432. The van der Waals surface area contributed by atoms with Crippen LogP contribution in [0.2, 0.25) is 0 Å². The van der Waals surface area contributed by atoms with Crippen LogP contribution >= 0.6 is 0 Å². The third-order valence-corrected chi connectivity index (χ3v) is 2.79. The molecule has 0 bridgehead atoms. The fraction of sp³-hybridized carbons (Fsp3) is 0.571. The van der Waals surface area contributed by atoms with Crippen molar-refractivity contribution in [1.82, 2.24) is 0 Å². The van der Waals surface area contributed by atoms with Crippen LogP contribution in [-0.2, 0) is 6.42 Å². The van der Waals surface area contributed by atoms with E-state index in [9.17, 15) is 10.1 Å². The average molecular weight is 235 g/mol. The maximum atomic E-state index is 10.5. The normalized spacial score (nSPS) is 11.5. The van der Waals surface area contributed by atoms with Crippen molar-refractivity contribution in [2.45, 2.75) is 46.5 Å². The van der Waals surface area contributed by atoms with Crippen LogP contribution in [0.25, 0.3) is 0 Å². The van der Waals surface area contributed by atoms with E-state index in [4.69, 9.17) is 0 Å². The Kier molecular flexibility index (Phi) is 4.67. The SMILES string of the molecule is CC(C)(C)CCCCc1ccc([N+](=O)[O-])cc1.